The van der Waals surface area contributed by atoms with Crippen LogP contribution in [0.15, 0.2) is 24.4 Å². The standard InChI is InChI=1S/C15H21ClN4O3S/c16-12-10-24(22,23)11-13(12)18-15(21)9-19-5-7-20(8-6-19)14-3-1-2-4-17-14/h1-4,12-13H,5-11H2,(H,18,21)/p+2/t12-,13+/m0/s1. The van der Waals surface area contributed by atoms with E-state index >= 15 is 0 Å². The highest BCUT2D eigenvalue weighted by atomic mass is 35.5. The van der Waals surface area contributed by atoms with Gasteiger partial charge >= 0.3 is 0 Å². The van der Waals surface area contributed by atoms with Gasteiger partial charge in [0.05, 0.1) is 29.1 Å². The lowest BCUT2D eigenvalue weighted by Gasteiger charge is -2.28. The van der Waals surface area contributed by atoms with Crippen LogP contribution in [0, 0.1) is 0 Å². The highest BCUT2D eigenvalue weighted by Gasteiger charge is 2.38. The molecule has 0 radical (unpaired) electrons. The summed E-state index contributed by atoms with van der Waals surface area (Å²) in [7, 11) is -3.12. The molecule has 2 atom stereocenters. The number of nitrogens with zero attached hydrogens (tertiary/aromatic N) is 1. The first-order valence-corrected chi connectivity index (χ1v) is 10.4. The zero-order valence-corrected chi connectivity index (χ0v) is 14.9. The number of anilines is 1. The Labute approximate surface area is 146 Å². The molecule has 2 fully saturated rings. The zero-order valence-electron chi connectivity index (χ0n) is 13.4. The fraction of sp³-hybridized carbons (Fsp3) is 0.600. The van der Waals surface area contributed by atoms with E-state index in [2.05, 4.69) is 15.2 Å². The van der Waals surface area contributed by atoms with E-state index in [1.165, 1.54) is 4.90 Å². The number of alkyl halides is 1. The number of halogens is 1. The quantitative estimate of drug-likeness (QED) is 0.582. The molecular weight excluding hydrogens is 352 g/mol. The molecule has 0 unspecified atom stereocenters. The Morgan fingerprint density at radius 1 is 1.33 bits per heavy atom. The molecule has 2 saturated heterocycles. The summed E-state index contributed by atoms with van der Waals surface area (Å²) >= 11 is 6.03. The maximum atomic E-state index is 12.2. The highest BCUT2D eigenvalue weighted by Crippen LogP contribution is 2.17. The fourth-order valence-electron chi connectivity index (χ4n) is 3.24. The molecule has 1 amide bonds. The van der Waals surface area contributed by atoms with Crippen molar-refractivity contribution in [3.63, 3.8) is 0 Å². The normalized spacial score (nSPS) is 27.1. The van der Waals surface area contributed by atoms with E-state index in [0.717, 1.165) is 32.0 Å². The van der Waals surface area contributed by atoms with Crippen molar-refractivity contribution in [3.05, 3.63) is 24.4 Å². The summed E-state index contributed by atoms with van der Waals surface area (Å²) in [4.78, 5) is 18.9. The molecule has 2 aliphatic heterocycles. The lowest BCUT2D eigenvalue weighted by Crippen LogP contribution is -3.16. The molecule has 3 heterocycles. The van der Waals surface area contributed by atoms with Gasteiger partial charge < -0.3 is 10.2 Å². The average molecular weight is 375 g/mol. The topological polar surface area (TPSA) is 85.1 Å². The summed E-state index contributed by atoms with van der Waals surface area (Å²) in [5.41, 5.74) is 0. The summed E-state index contributed by atoms with van der Waals surface area (Å²) in [6.07, 6.45) is 1.90. The first-order valence-electron chi connectivity index (χ1n) is 8.12. The number of hydrogen-bond donors (Lipinski definition) is 2. The highest BCUT2D eigenvalue weighted by molar-refractivity contribution is 7.91. The number of sulfone groups is 1. The van der Waals surface area contributed by atoms with Gasteiger partial charge in [-0.25, -0.2) is 13.4 Å². The number of pyridine rings is 1. The molecule has 0 spiro atoms. The summed E-state index contributed by atoms with van der Waals surface area (Å²) in [6.45, 7) is 3.83. The van der Waals surface area contributed by atoms with Crippen molar-refractivity contribution in [3.8, 4) is 0 Å². The van der Waals surface area contributed by atoms with Crippen LogP contribution in [-0.4, -0.2) is 70.0 Å². The molecule has 3 rings (SSSR count). The summed E-state index contributed by atoms with van der Waals surface area (Å²) in [6, 6.07) is 5.52. The van der Waals surface area contributed by atoms with Crippen LogP contribution in [-0.2, 0) is 14.6 Å². The third-order valence-electron chi connectivity index (χ3n) is 4.54. The van der Waals surface area contributed by atoms with Gasteiger partial charge in [-0.1, -0.05) is 6.07 Å². The van der Waals surface area contributed by atoms with Gasteiger partial charge in [0.25, 0.3) is 11.7 Å². The van der Waals surface area contributed by atoms with Crippen molar-refractivity contribution >= 4 is 33.2 Å². The van der Waals surface area contributed by atoms with Gasteiger partial charge in [-0.2, -0.15) is 0 Å². The number of rotatable bonds is 4. The molecule has 24 heavy (non-hydrogen) atoms. The maximum Gasteiger partial charge on any atom is 0.275 e. The van der Waals surface area contributed by atoms with Crippen molar-refractivity contribution < 1.29 is 23.1 Å². The van der Waals surface area contributed by atoms with Gasteiger partial charge in [-0.15, -0.1) is 11.6 Å². The van der Waals surface area contributed by atoms with Crippen LogP contribution in [0.4, 0.5) is 5.82 Å². The van der Waals surface area contributed by atoms with Crippen molar-refractivity contribution in [1.82, 2.24) is 5.32 Å². The molecule has 3 N–H and O–H groups in total. The summed E-state index contributed by atoms with van der Waals surface area (Å²) < 4.78 is 23.1. The molecule has 9 heteroatoms. The number of H-pyrrole nitrogens is 1. The van der Waals surface area contributed by atoms with E-state index in [0.29, 0.717) is 6.54 Å². The molecule has 0 saturated carbocycles. The average Bonchev–Trinajstić information content (AvgIpc) is 2.80. The molecule has 0 aromatic carbocycles. The molecular formula is C15H23ClN4O3S+2. The largest absolute Gasteiger partial charge is 0.346 e. The number of hydrogen-bond acceptors (Lipinski definition) is 4. The van der Waals surface area contributed by atoms with E-state index in [9.17, 15) is 13.2 Å². The van der Waals surface area contributed by atoms with Gasteiger partial charge in [-0.3, -0.25) is 9.69 Å². The van der Waals surface area contributed by atoms with Crippen LogP contribution in [0.1, 0.15) is 0 Å². The molecule has 1 aromatic heterocycles. The van der Waals surface area contributed by atoms with Crippen LogP contribution >= 0.6 is 11.6 Å². The van der Waals surface area contributed by atoms with Crippen molar-refractivity contribution in [2.45, 2.75) is 11.4 Å². The second-order valence-electron chi connectivity index (χ2n) is 6.43. The van der Waals surface area contributed by atoms with Crippen molar-refractivity contribution in [2.75, 3.05) is 49.1 Å². The van der Waals surface area contributed by atoms with E-state index in [1.54, 1.807) is 0 Å². The summed E-state index contributed by atoms with van der Waals surface area (Å²) in [5, 5.41) is 2.26. The van der Waals surface area contributed by atoms with E-state index in [-0.39, 0.29) is 17.4 Å². The van der Waals surface area contributed by atoms with E-state index in [1.807, 2.05) is 24.4 Å². The molecule has 0 bridgehead atoms. The third-order valence-corrected chi connectivity index (χ3v) is 6.92. The van der Waals surface area contributed by atoms with Crippen LogP contribution in [0.3, 0.4) is 0 Å². The maximum absolute atomic E-state index is 12.2. The second-order valence-corrected chi connectivity index (χ2v) is 9.14. The van der Waals surface area contributed by atoms with E-state index in [4.69, 9.17) is 11.6 Å². The van der Waals surface area contributed by atoms with Gasteiger partial charge in [0.15, 0.2) is 16.4 Å². The third kappa shape index (κ3) is 4.37. The summed E-state index contributed by atoms with van der Waals surface area (Å²) in [5.74, 6) is 0.845. The number of aromatic amines is 1. The Morgan fingerprint density at radius 3 is 2.67 bits per heavy atom. The number of nitrogens with one attached hydrogen (secondary N) is 3. The van der Waals surface area contributed by atoms with Gasteiger partial charge in [0, 0.05) is 6.07 Å². The van der Waals surface area contributed by atoms with Gasteiger partial charge in [0.1, 0.15) is 26.2 Å². The minimum atomic E-state index is -3.12. The fourth-order valence-corrected chi connectivity index (χ4v) is 5.79. The number of carbonyl (C=O) groups excluding carboxylic acids is 1. The van der Waals surface area contributed by atoms with E-state index < -0.39 is 21.3 Å². The number of piperazine rings is 1. The van der Waals surface area contributed by atoms with Crippen LogP contribution in [0.25, 0.3) is 0 Å². The molecule has 7 nitrogen and oxygen atoms in total. The Bertz CT molecular complexity index is 677. The minimum absolute atomic E-state index is 0.0557. The van der Waals surface area contributed by atoms with Gasteiger partial charge in [0.2, 0.25) is 0 Å². The smallest absolute Gasteiger partial charge is 0.275 e. The zero-order chi connectivity index (χ0) is 17.2. The van der Waals surface area contributed by atoms with Crippen LogP contribution in [0.5, 0.6) is 0 Å². The number of quaternary nitrogens is 1. The SMILES string of the molecule is O=C(C[NH+]1CCN(c2cccc[nH+]2)CC1)N[C@@H]1CS(=O)(=O)C[C@@H]1Cl. The minimum Gasteiger partial charge on any atom is -0.346 e. The van der Waals surface area contributed by atoms with Crippen molar-refractivity contribution in [2.24, 2.45) is 0 Å². The first kappa shape index (κ1) is 17.4. The Balaban J connectivity index is 1.45. The van der Waals surface area contributed by atoms with Crippen LogP contribution < -0.4 is 20.1 Å². The lowest BCUT2D eigenvalue weighted by molar-refractivity contribution is -0.892. The van der Waals surface area contributed by atoms with Crippen molar-refractivity contribution in [1.29, 1.82) is 0 Å². The molecule has 2 aliphatic rings. The Hall–Kier alpha value is -1.38. The predicted octanol–water partition coefficient (Wildman–Crippen LogP) is -2.27. The molecule has 1 aromatic rings. The first-order chi connectivity index (χ1) is 11.4. The molecule has 132 valence electrons. The van der Waals surface area contributed by atoms with Gasteiger partial charge in [-0.05, 0) is 6.07 Å². The second kappa shape index (κ2) is 7.25. The number of carbonyl (C=O) groups is 1. The Kier molecular flexibility index (Phi) is 5.27. The van der Waals surface area contributed by atoms with Crippen LogP contribution in [0.2, 0.25) is 0 Å². The predicted molar refractivity (Wildman–Crippen MR) is 91.0 cm³/mol. The number of amides is 1. The number of aromatic nitrogens is 1. The lowest BCUT2D eigenvalue weighted by atomic mass is 10.2. The molecule has 0 aliphatic carbocycles. The monoisotopic (exact) mass is 374 g/mol. The Morgan fingerprint density at radius 2 is 2.08 bits per heavy atom.